The molecule has 2 unspecified atom stereocenters. The monoisotopic (exact) mass is 259 g/mol. The van der Waals surface area contributed by atoms with Gasteiger partial charge in [0.25, 0.3) is 0 Å². The number of halogens is 3. The highest BCUT2D eigenvalue weighted by molar-refractivity contribution is 5.28. The van der Waals surface area contributed by atoms with Gasteiger partial charge in [-0.25, -0.2) is 0 Å². The van der Waals surface area contributed by atoms with Gasteiger partial charge in [-0.1, -0.05) is 12.1 Å². The maximum atomic E-state index is 12.4. The molecule has 1 aromatic rings. The number of hydrogen-bond donors (Lipinski definition) is 1. The summed E-state index contributed by atoms with van der Waals surface area (Å²) in [6.07, 6.45) is -3.36. The Balaban J connectivity index is 2.03. The number of nitrogens with one attached hydrogen (secondary N) is 1. The van der Waals surface area contributed by atoms with Crippen LogP contribution in [0.3, 0.4) is 0 Å². The third-order valence-electron chi connectivity index (χ3n) is 3.30. The SMILES string of the molecule is COCC1CC(c2ccc(C(F)(F)F)cc2)CN1. The van der Waals surface area contributed by atoms with Crippen LogP contribution in [0.15, 0.2) is 24.3 Å². The Kier molecular flexibility index (Phi) is 3.92. The first-order valence-corrected chi connectivity index (χ1v) is 5.90. The number of methoxy groups -OCH3 is 1. The van der Waals surface area contributed by atoms with E-state index in [1.807, 2.05) is 0 Å². The van der Waals surface area contributed by atoms with Gasteiger partial charge in [-0.05, 0) is 30.0 Å². The minimum Gasteiger partial charge on any atom is -0.383 e. The van der Waals surface area contributed by atoms with Crippen molar-refractivity contribution >= 4 is 0 Å². The largest absolute Gasteiger partial charge is 0.416 e. The topological polar surface area (TPSA) is 21.3 Å². The minimum absolute atomic E-state index is 0.271. The van der Waals surface area contributed by atoms with E-state index in [4.69, 9.17) is 4.74 Å². The quantitative estimate of drug-likeness (QED) is 0.901. The average molecular weight is 259 g/mol. The molecule has 100 valence electrons. The molecule has 1 aliphatic heterocycles. The van der Waals surface area contributed by atoms with Crippen LogP contribution in [-0.2, 0) is 10.9 Å². The van der Waals surface area contributed by atoms with Gasteiger partial charge in [0.05, 0.1) is 12.2 Å². The van der Waals surface area contributed by atoms with E-state index in [0.717, 1.165) is 30.7 Å². The van der Waals surface area contributed by atoms with Crippen LogP contribution < -0.4 is 5.32 Å². The van der Waals surface area contributed by atoms with Crippen LogP contribution >= 0.6 is 0 Å². The van der Waals surface area contributed by atoms with E-state index in [9.17, 15) is 13.2 Å². The van der Waals surface area contributed by atoms with E-state index in [-0.39, 0.29) is 5.92 Å². The molecule has 1 heterocycles. The summed E-state index contributed by atoms with van der Waals surface area (Å²) in [5.74, 6) is 0.271. The predicted molar refractivity (Wildman–Crippen MR) is 62.5 cm³/mol. The molecule has 0 saturated carbocycles. The zero-order chi connectivity index (χ0) is 13.2. The van der Waals surface area contributed by atoms with E-state index < -0.39 is 11.7 Å². The molecule has 0 radical (unpaired) electrons. The molecule has 2 atom stereocenters. The van der Waals surface area contributed by atoms with Crippen molar-refractivity contribution in [1.29, 1.82) is 0 Å². The highest BCUT2D eigenvalue weighted by atomic mass is 19.4. The lowest BCUT2D eigenvalue weighted by Gasteiger charge is -2.12. The summed E-state index contributed by atoms with van der Waals surface area (Å²) in [5.41, 5.74) is 0.361. The summed E-state index contributed by atoms with van der Waals surface area (Å²) in [6.45, 7) is 1.43. The fourth-order valence-corrected chi connectivity index (χ4v) is 2.35. The highest BCUT2D eigenvalue weighted by Crippen LogP contribution is 2.32. The van der Waals surface area contributed by atoms with E-state index in [2.05, 4.69) is 5.32 Å². The van der Waals surface area contributed by atoms with Gasteiger partial charge in [0, 0.05) is 19.7 Å². The number of hydrogen-bond acceptors (Lipinski definition) is 2. The molecule has 0 amide bonds. The van der Waals surface area contributed by atoms with Crippen molar-refractivity contribution in [1.82, 2.24) is 5.32 Å². The third kappa shape index (κ3) is 3.03. The second-order valence-electron chi connectivity index (χ2n) is 4.61. The van der Waals surface area contributed by atoms with Crippen LogP contribution in [0.1, 0.15) is 23.5 Å². The molecule has 1 aliphatic rings. The fraction of sp³-hybridized carbons (Fsp3) is 0.538. The molecule has 1 N–H and O–H groups in total. The second kappa shape index (κ2) is 5.28. The lowest BCUT2D eigenvalue weighted by atomic mass is 9.95. The molecule has 0 aliphatic carbocycles. The zero-order valence-electron chi connectivity index (χ0n) is 10.1. The Morgan fingerprint density at radius 3 is 2.50 bits per heavy atom. The van der Waals surface area contributed by atoms with Gasteiger partial charge in [0.1, 0.15) is 0 Å². The summed E-state index contributed by atoms with van der Waals surface area (Å²) in [4.78, 5) is 0. The van der Waals surface area contributed by atoms with Crippen LogP contribution in [-0.4, -0.2) is 26.3 Å². The smallest absolute Gasteiger partial charge is 0.383 e. The van der Waals surface area contributed by atoms with Gasteiger partial charge in [0.15, 0.2) is 0 Å². The fourth-order valence-electron chi connectivity index (χ4n) is 2.35. The van der Waals surface area contributed by atoms with Gasteiger partial charge in [0.2, 0.25) is 0 Å². The first-order valence-electron chi connectivity index (χ1n) is 5.90. The maximum Gasteiger partial charge on any atom is 0.416 e. The first-order chi connectivity index (χ1) is 8.50. The molecule has 5 heteroatoms. The molecule has 1 saturated heterocycles. The van der Waals surface area contributed by atoms with Crippen LogP contribution in [0.4, 0.5) is 13.2 Å². The molecule has 2 rings (SSSR count). The molecule has 2 nitrogen and oxygen atoms in total. The van der Waals surface area contributed by atoms with Crippen LogP contribution in [0.2, 0.25) is 0 Å². The Labute approximate surface area is 104 Å². The second-order valence-corrected chi connectivity index (χ2v) is 4.61. The Hall–Kier alpha value is -1.07. The van der Waals surface area contributed by atoms with Crippen LogP contribution in [0, 0.1) is 0 Å². The highest BCUT2D eigenvalue weighted by Gasteiger charge is 2.31. The molecular weight excluding hydrogens is 243 g/mol. The van der Waals surface area contributed by atoms with Crippen molar-refractivity contribution < 1.29 is 17.9 Å². The van der Waals surface area contributed by atoms with Crippen molar-refractivity contribution in [3.05, 3.63) is 35.4 Å². The van der Waals surface area contributed by atoms with Crippen LogP contribution in [0.5, 0.6) is 0 Å². The first kappa shape index (κ1) is 13.4. The van der Waals surface area contributed by atoms with Gasteiger partial charge in [-0.2, -0.15) is 13.2 Å². The predicted octanol–water partition coefficient (Wildman–Crippen LogP) is 2.80. The number of ether oxygens (including phenoxy) is 1. The number of benzene rings is 1. The Morgan fingerprint density at radius 2 is 1.94 bits per heavy atom. The van der Waals surface area contributed by atoms with Gasteiger partial charge >= 0.3 is 6.18 Å². The minimum atomic E-state index is -4.26. The normalized spacial score (nSPS) is 24.4. The molecule has 0 aromatic heterocycles. The van der Waals surface area contributed by atoms with Gasteiger partial charge in [-0.15, -0.1) is 0 Å². The van der Waals surface area contributed by atoms with E-state index in [1.165, 1.54) is 0 Å². The zero-order valence-corrected chi connectivity index (χ0v) is 10.1. The number of alkyl halides is 3. The summed E-state index contributed by atoms with van der Waals surface area (Å²) in [5, 5.41) is 3.30. The summed E-state index contributed by atoms with van der Waals surface area (Å²) < 4.78 is 42.4. The lowest BCUT2D eigenvalue weighted by molar-refractivity contribution is -0.137. The van der Waals surface area contributed by atoms with E-state index >= 15 is 0 Å². The molecular formula is C13H16F3NO. The molecule has 1 fully saturated rings. The molecule has 0 bridgehead atoms. The van der Waals surface area contributed by atoms with Crippen molar-refractivity contribution in [3.8, 4) is 0 Å². The van der Waals surface area contributed by atoms with Crippen LogP contribution in [0.25, 0.3) is 0 Å². The standard InChI is InChI=1S/C13H16F3NO/c1-18-8-12-6-10(7-17-12)9-2-4-11(5-3-9)13(14,15)16/h2-5,10,12,17H,6-8H2,1H3. The van der Waals surface area contributed by atoms with Gasteiger partial charge < -0.3 is 10.1 Å². The maximum absolute atomic E-state index is 12.4. The van der Waals surface area contributed by atoms with Crippen molar-refractivity contribution in [3.63, 3.8) is 0 Å². The summed E-state index contributed by atoms with van der Waals surface area (Å²) in [6, 6.07) is 5.74. The summed E-state index contributed by atoms with van der Waals surface area (Å²) >= 11 is 0. The summed E-state index contributed by atoms with van der Waals surface area (Å²) in [7, 11) is 1.65. The average Bonchev–Trinajstić information content (AvgIpc) is 2.77. The van der Waals surface area contributed by atoms with Crippen molar-refractivity contribution in [2.75, 3.05) is 20.3 Å². The Bertz CT molecular complexity index is 388. The van der Waals surface area contributed by atoms with Crippen molar-refractivity contribution in [2.24, 2.45) is 0 Å². The molecule has 18 heavy (non-hydrogen) atoms. The van der Waals surface area contributed by atoms with E-state index in [1.54, 1.807) is 19.2 Å². The lowest BCUT2D eigenvalue weighted by Crippen LogP contribution is -2.25. The Morgan fingerprint density at radius 1 is 1.28 bits per heavy atom. The van der Waals surface area contributed by atoms with E-state index in [0.29, 0.717) is 12.6 Å². The molecule has 0 spiro atoms. The van der Waals surface area contributed by atoms with Gasteiger partial charge in [-0.3, -0.25) is 0 Å². The van der Waals surface area contributed by atoms with Crippen molar-refractivity contribution in [2.45, 2.75) is 24.6 Å². The third-order valence-corrected chi connectivity index (χ3v) is 3.30. The molecule has 1 aromatic carbocycles. The number of rotatable bonds is 3.